The van der Waals surface area contributed by atoms with Crippen molar-refractivity contribution in [3.8, 4) is 28.6 Å². The monoisotopic (exact) mass is 474 g/mol. The van der Waals surface area contributed by atoms with Crippen molar-refractivity contribution in [1.29, 1.82) is 0 Å². The Morgan fingerprint density at radius 2 is 1.82 bits per heavy atom. The molecule has 4 aromatic rings. The van der Waals surface area contributed by atoms with Crippen LogP contribution in [0.5, 0.6) is 11.5 Å². The lowest BCUT2D eigenvalue weighted by molar-refractivity contribution is -0.118. The van der Waals surface area contributed by atoms with Crippen molar-refractivity contribution in [2.45, 2.75) is 5.16 Å². The summed E-state index contributed by atoms with van der Waals surface area (Å²) in [7, 11) is 3.17. The zero-order chi connectivity index (χ0) is 23.8. The smallest absolute Gasteiger partial charge is 0.250 e. The van der Waals surface area contributed by atoms with Crippen LogP contribution in [0.1, 0.15) is 5.69 Å². The molecular weight excluding hydrogens is 452 g/mol. The van der Waals surface area contributed by atoms with Gasteiger partial charge in [0.05, 0.1) is 31.9 Å². The van der Waals surface area contributed by atoms with Gasteiger partial charge in [-0.05, 0) is 42.5 Å². The van der Waals surface area contributed by atoms with Gasteiger partial charge in [0.25, 0.3) is 5.91 Å². The lowest BCUT2D eigenvalue weighted by Gasteiger charge is -2.12. The number of para-hydroxylation sites is 1. The first-order chi connectivity index (χ1) is 16.7. The minimum Gasteiger partial charge on any atom is -0.493 e. The summed E-state index contributed by atoms with van der Waals surface area (Å²) in [5, 5.41) is 13.3. The number of pyridine rings is 1. The molecule has 4 rings (SSSR count). The quantitative estimate of drug-likeness (QED) is 0.225. The molecule has 0 aliphatic rings. The van der Waals surface area contributed by atoms with Crippen LogP contribution in [-0.4, -0.2) is 51.8 Å². The van der Waals surface area contributed by atoms with Crippen LogP contribution in [0.2, 0.25) is 0 Å². The fraction of sp³-hybridized carbons (Fsp3) is 0.125. The van der Waals surface area contributed by atoms with Crippen molar-refractivity contribution >= 4 is 23.9 Å². The number of aromatic nitrogens is 4. The van der Waals surface area contributed by atoms with Crippen molar-refractivity contribution in [2.24, 2.45) is 5.10 Å². The van der Waals surface area contributed by atoms with Crippen LogP contribution in [0.4, 0.5) is 0 Å². The first-order valence-electron chi connectivity index (χ1n) is 10.3. The number of benzene rings is 2. The van der Waals surface area contributed by atoms with Gasteiger partial charge < -0.3 is 9.47 Å². The molecule has 1 N–H and O–H groups in total. The predicted molar refractivity (Wildman–Crippen MR) is 131 cm³/mol. The Morgan fingerprint density at radius 1 is 1.03 bits per heavy atom. The minimum atomic E-state index is -0.271. The second kappa shape index (κ2) is 11.1. The number of amides is 1. The molecular formula is C24H22N6O3S. The maximum atomic E-state index is 12.3. The maximum absolute atomic E-state index is 12.3. The number of hydrazone groups is 1. The molecule has 0 radical (unpaired) electrons. The number of hydrogen-bond donors (Lipinski definition) is 1. The second-order valence-electron chi connectivity index (χ2n) is 6.88. The molecule has 10 heteroatoms. The maximum Gasteiger partial charge on any atom is 0.250 e. The van der Waals surface area contributed by atoms with Crippen molar-refractivity contribution in [1.82, 2.24) is 25.2 Å². The Morgan fingerprint density at radius 3 is 2.56 bits per heavy atom. The van der Waals surface area contributed by atoms with Gasteiger partial charge in [0, 0.05) is 17.4 Å². The zero-order valence-electron chi connectivity index (χ0n) is 18.6. The number of nitrogens with zero attached hydrogens (tertiary/aromatic N) is 5. The highest BCUT2D eigenvalue weighted by atomic mass is 32.2. The number of ether oxygens (including phenoxy) is 2. The SMILES string of the molecule is COc1ccc(-c2nnc(SCC(=O)N/N=C/c3ccccn3)n2-c2ccccc2)cc1OC. The van der Waals surface area contributed by atoms with Crippen LogP contribution >= 0.6 is 11.8 Å². The van der Waals surface area contributed by atoms with Crippen molar-refractivity contribution in [3.63, 3.8) is 0 Å². The summed E-state index contributed by atoms with van der Waals surface area (Å²) in [6.45, 7) is 0. The largest absolute Gasteiger partial charge is 0.493 e. The van der Waals surface area contributed by atoms with E-state index in [9.17, 15) is 4.79 Å². The van der Waals surface area contributed by atoms with Gasteiger partial charge in [-0.1, -0.05) is 36.0 Å². The van der Waals surface area contributed by atoms with Crippen LogP contribution in [0.15, 0.2) is 83.2 Å². The molecule has 0 spiro atoms. The van der Waals surface area contributed by atoms with Gasteiger partial charge in [-0.25, -0.2) is 5.43 Å². The molecule has 9 nitrogen and oxygen atoms in total. The zero-order valence-corrected chi connectivity index (χ0v) is 19.4. The molecule has 34 heavy (non-hydrogen) atoms. The minimum absolute atomic E-state index is 0.108. The molecule has 0 unspecified atom stereocenters. The van der Waals surface area contributed by atoms with Crippen LogP contribution in [0.25, 0.3) is 17.1 Å². The molecule has 1 amide bonds. The number of thioether (sulfide) groups is 1. The average Bonchev–Trinajstić information content (AvgIpc) is 3.32. The first-order valence-corrected chi connectivity index (χ1v) is 11.3. The van der Waals surface area contributed by atoms with E-state index >= 15 is 0 Å². The van der Waals surface area contributed by atoms with E-state index in [0.29, 0.717) is 28.2 Å². The fourth-order valence-corrected chi connectivity index (χ4v) is 3.86. The topological polar surface area (TPSA) is 104 Å². The van der Waals surface area contributed by atoms with Gasteiger partial charge >= 0.3 is 0 Å². The van der Waals surface area contributed by atoms with Crippen LogP contribution in [0, 0.1) is 0 Å². The third-order valence-corrected chi connectivity index (χ3v) is 5.62. The molecule has 0 bridgehead atoms. The number of carbonyl (C=O) groups excluding carboxylic acids is 1. The molecule has 0 aliphatic heterocycles. The normalized spacial score (nSPS) is 10.9. The van der Waals surface area contributed by atoms with E-state index in [0.717, 1.165) is 11.3 Å². The van der Waals surface area contributed by atoms with Gasteiger partial charge in [-0.2, -0.15) is 5.10 Å². The summed E-state index contributed by atoms with van der Waals surface area (Å²) < 4.78 is 12.7. The van der Waals surface area contributed by atoms with Crippen molar-refractivity contribution in [3.05, 3.63) is 78.6 Å². The third kappa shape index (κ3) is 5.41. The molecule has 2 aromatic carbocycles. The summed E-state index contributed by atoms with van der Waals surface area (Å²) in [5.74, 6) is 1.66. The summed E-state index contributed by atoms with van der Waals surface area (Å²) in [6.07, 6.45) is 3.15. The Labute approximate surface area is 200 Å². The van der Waals surface area contributed by atoms with Crippen LogP contribution < -0.4 is 14.9 Å². The number of methoxy groups -OCH3 is 2. The van der Waals surface area contributed by atoms with Gasteiger partial charge in [0.1, 0.15) is 0 Å². The third-order valence-electron chi connectivity index (χ3n) is 4.70. The number of hydrogen-bond acceptors (Lipinski definition) is 8. The van der Waals surface area contributed by atoms with E-state index in [1.807, 2.05) is 65.2 Å². The van der Waals surface area contributed by atoms with E-state index in [1.54, 1.807) is 26.5 Å². The molecule has 2 aromatic heterocycles. The summed E-state index contributed by atoms with van der Waals surface area (Å²) >= 11 is 1.26. The predicted octanol–water partition coefficient (Wildman–Crippen LogP) is 3.59. The Bertz CT molecular complexity index is 1280. The second-order valence-corrected chi connectivity index (χ2v) is 7.83. The van der Waals surface area contributed by atoms with Gasteiger partial charge in [-0.15, -0.1) is 10.2 Å². The molecule has 2 heterocycles. The van der Waals surface area contributed by atoms with Crippen molar-refractivity contribution in [2.75, 3.05) is 20.0 Å². The van der Waals surface area contributed by atoms with Crippen LogP contribution in [-0.2, 0) is 4.79 Å². The van der Waals surface area contributed by atoms with Crippen LogP contribution in [0.3, 0.4) is 0 Å². The Balaban J connectivity index is 1.56. The Hall–Kier alpha value is -4.18. The van der Waals surface area contributed by atoms with E-state index in [4.69, 9.17) is 9.47 Å². The summed E-state index contributed by atoms with van der Waals surface area (Å²) in [6, 6.07) is 20.7. The fourth-order valence-electron chi connectivity index (χ4n) is 3.12. The lowest BCUT2D eigenvalue weighted by atomic mass is 10.2. The first kappa shape index (κ1) is 23.0. The molecule has 0 saturated carbocycles. The molecule has 0 atom stereocenters. The molecule has 0 fully saturated rings. The number of rotatable bonds is 9. The highest BCUT2D eigenvalue weighted by molar-refractivity contribution is 7.99. The summed E-state index contributed by atoms with van der Waals surface area (Å²) in [5.41, 5.74) is 4.83. The highest BCUT2D eigenvalue weighted by Crippen LogP contribution is 2.34. The van der Waals surface area contributed by atoms with E-state index in [2.05, 4.69) is 25.7 Å². The molecule has 0 saturated heterocycles. The van der Waals surface area contributed by atoms with Gasteiger partial charge in [0.15, 0.2) is 22.5 Å². The Kier molecular flexibility index (Phi) is 7.51. The summed E-state index contributed by atoms with van der Waals surface area (Å²) in [4.78, 5) is 16.5. The van der Waals surface area contributed by atoms with Crippen molar-refractivity contribution < 1.29 is 14.3 Å². The molecule has 172 valence electrons. The number of nitrogens with one attached hydrogen (secondary N) is 1. The lowest BCUT2D eigenvalue weighted by Crippen LogP contribution is -2.20. The average molecular weight is 475 g/mol. The number of carbonyl (C=O) groups is 1. The van der Waals surface area contributed by atoms with E-state index < -0.39 is 0 Å². The highest BCUT2D eigenvalue weighted by Gasteiger charge is 2.18. The van der Waals surface area contributed by atoms with Gasteiger partial charge in [0.2, 0.25) is 0 Å². The standard InChI is InChI=1S/C24H22N6O3S/c1-32-20-12-11-17(14-21(20)33-2)23-28-29-24(30(23)19-9-4-3-5-10-19)34-16-22(31)27-26-15-18-8-6-7-13-25-18/h3-15H,16H2,1-2H3,(H,27,31)/b26-15+. The molecule has 0 aliphatic carbocycles. The van der Waals surface area contributed by atoms with E-state index in [1.165, 1.54) is 18.0 Å². The van der Waals surface area contributed by atoms with E-state index in [-0.39, 0.29) is 11.7 Å². The van der Waals surface area contributed by atoms with Gasteiger partial charge in [-0.3, -0.25) is 14.3 Å².